The fourth-order valence-corrected chi connectivity index (χ4v) is 1.86. The molecule has 1 aromatic carbocycles. The summed E-state index contributed by atoms with van der Waals surface area (Å²) >= 11 is 0. The first-order valence-corrected chi connectivity index (χ1v) is 6.85. The summed E-state index contributed by atoms with van der Waals surface area (Å²) < 4.78 is 0. The number of nitrogens with zero attached hydrogens (tertiary/aromatic N) is 2. The summed E-state index contributed by atoms with van der Waals surface area (Å²) in [4.78, 5) is 10.8. The van der Waals surface area contributed by atoms with E-state index in [9.17, 15) is 4.79 Å². The summed E-state index contributed by atoms with van der Waals surface area (Å²) in [7, 11) is 0. The van der Waals surface area contributed by atoms with Gasteiger partial charge >= 0.3 is 0 Å². The Balaban J connectivity index is 2.01. The van der Waals surface area contributed by atoms with Crippen molar-refractivity contribution in [3.05, 3.63) is 42.0 Å². The van der Waals surface area contributed by atoms with E-state index in [-0.39, 0.29) is 5.78 Å². The van der Waals surface area contributed by atoms with E-state index in [1.165, 1.54) is 5.56 Å². The van der Waals surface area contributed by atoms with Crippen LogP contribution in [0.2, 0.25) is 0 Å². The van der Waals surface area contributed by atoms with Crippen molar-refractivity contribution in [1.82, 2.24) is 10.2 Å². The minimum absolute atomic E-state index is 0.165. The number of aromatic nitrogens is 2. The molecule has 2 aromatic rings. The molecule has 0 radical (unpaired) electrons. The largest absolute Gasteiger partial charge is 0.368 e. The number of ketones is 1. The molecule has 2 rings (SSSR count). The van der Waals surface area contributed by atoms with Gasteiger partial charge in [0.25, 0.3) is 0 Å². The molecular formula is C16H19N3O. The third-order valence-electron chi connectivity index (χ3n) is 3.11. The van der Waals surface area contributed by atoms with Gasteiger partial charge in [-0.3, -0.25) is 4.79 Å². The first-order valence-electron chi connectivity index (χ1n) is 6.85. The average molecular weight is 269 g/mol. The number of hydrogen-bond acceptors (Lipinski definition) is 4. The molecule has 0 saturated carbocycles. The molecule has 1 aromatic heterocycles. The molecule has 4 heteroatoms. The molecule has 4 nitrogen and oxygen atoms in total. The molecule has 104 valence electrons. The molecule has 0 fully saturated rings. The SMILES string of the molecule is CCc1ccc(-c2ccc(NCCC(C)=O)nn2)cc1. The van der Waals surface area contributed by atoms with Gasteiger partial charge in [0.2, 0.25) is 0 Å². The van der Waals surface area contributed by atoms with Gasteiger partial charge in [-0.1, -0.05) is 31.2 Å². The average Bonchev–Trinajstić information content (AvgIpc) is 2.48. The maximum absolute atomic E-state index is 10.8. The topological polar surface area (TPSA) is 54.9 Å². The second kappa shape index (κ2) is 6.80. The monoisotopic (exact) mass is 269 g/mol. The second-order valence-corrected chi connectivity index (χ2v) is 4.73. The first kappa shape index (κ1) is 14.2. The molecule has 0 atom stereocenters. The molecule has 0 aliphatic carbocycles. The van der Waals surface area contributed by atoms with Crippen molar-refractivity contribution < 1.29 is 4.79 Å². The fourth-order valence-electron chi connectivity index (χ4n) is 1.86. The van der Waals surface area contributed by atoms with E-state index in [4.69, 9.17) is 0 Å². The third-order valence-corrected chi connectivity index (χ3v) is 3.11. The highest BCUT2D eigenvalue weighted by Gasteiger charge is 2.01. The van der Waals surface area contributed by atoms with Crippen LogP contribution in [-0.4, -0.2) is 22.5 Å². The zero-order valence-electron chi connectivity index (χ0n) is 11.9. The number of Topliss-reactive ketones (excluding diaryl/α,β-unsaturated/α-hetero) is 1. The van der Waals surface area contributed by atoms with Crippen LogP contribution in [0.25, 0.3) is 11.3 Å². The number of carbonyl (C=O) groups is 1. The predicted molar refractivity (Wildman–Crippen MR) is 80.6 cm³/mol. The Kier molecular flexibility index (Phi) is 4.82. The van der Waals surface area contributed by atoms with Crippen LogP contribution in [0.15, 0.2) is 36.4 Å². The van der Waals surface area contributed by atoms with Gasteiger partial charge in [0.15, 0.2) is 0 Å². The van der Waals surface area contributed by atoms with Gasteiger partial charge in [0, 0.05) is 18.5 Å². The first-order chi connectivity index (χ1) is 9.69. The van der Waals surface area contributed by atoms with Crippen LogP contribution in [0.5, 0.6) is 0 Å². The highest BCUT2D eigenvalue weighted by Crippen LogP contribution is 2.18. The van der Waals surface area contributed by atoms with Crippen molar-refractivity contribution in [3.8, 4) is 11.3 Å². The molecule has 1 N–H and O–H groups in total. The van der Waals surface area contributed by atoms with Gasteiger partial charge in [0.1, 0.15) is 11.6 Å². The Bertz CT molecular complexity index is 561. The van der Waals surface area contributed by atoms with Crippen LogP contribution in [0.3, 0.4) is 0 Å². The zero-order valence-corrected chi connectivity index (χ0v) is 11.9. The highest BCUT2D eigenvalue weighted by molar-refractivity contribution is 5.75. The lowest BCUT2D eigenvalue weighted by Crippen LogP contribution is -2.07. The third kappa shape index (κ3) is 3.88. The number of rotatable bonds is 6. The van der Waals surface area contributed by atoms with Crippen LogP contribution in [0.1, 0.15) is 25.8 Å². The van der Waals surface area contributed by atoms with Gasteiger partial charge in [-0.05, 0) is 31.0 Å². The van der Waals surface area contributed by atoms with Crippen LogP contribution in [-0.2, 0) is 11.2 Å². The van der Waals surface area contributed by atoms with Crippen molar-refractivity contribution in [1.29, 1.82) is 0 Å². The molecule has 1 heterocycles. The Morgan fingerprint density at radius 1 is 1.10 bits per heavy atom. The van der Waals surface area contributed by atoms with Crippen molar-refractivity contribution in [3.63, 3.8) is 0 Å². The lowest BCUT2D eigenvalue weighted by molar-refractivity contribution is -0.116. The fraction of sp³-hybridized carbons (Fsp3) is 0.312. The van der Waals surface area contributed by atoms with E-state index in [1.54, 1.807) is 6.92 Å². The Labute approximate surface area is 119 Å². The lowest BCUT2D eigenvalue weighted by Gasteiger charge is -2.05. The molecule has 0 bridgehead atoms. The van der Waals surface area contributed by atoms with E-state index in [1.807, 2.05) is 12.1 Å². The van der Waals surface area contributed by atoms with E-state index in [0.29, 0.717) is 18.8 Å². The van der Waals surface area contributed by atoms with Gasteiger partial charge in [-0.25, -0.2) is 0 Å². The number of benzene rings is 1. The number of carbonyl (C=O) groups excluding carboxylic acids is 1. The molecule has 0 aliphatic heterocycles. The molecule has 0 spiro atoms. The molecule has 0 saturated heterocycles. The summed E-state index contributed by atoms with van der Waals surface area (Å²) in [6.45, 7) is 4.31. The summed E-state index contributed by atoms with van der Waals surface area (Å²) in [5.74, 6) is 0.860. The highest BCUT2D eigenvalue weighted by atomic mass is 16.1. The van der Waals surface area contributed by atoms with Crippen molar-refractivity contribution in [2.24, 2.45) is 0 Å². The van der Waals surface area contributed by atoms with E-state index < -0.39 is 0 Å². The van der Waals surface area contributed by atoms with Crippen LogP contribution < -0.4 is 5.32 Å². The Morgan fingerprint density at radius 3 is 2.40 bits per heavy atom. The summed E-state index contributed by atoms with van der Waals surface area (Å²) in [6, 6.07) is 12.2. The Morgan fingerprint density at radius 2 is 1.85 bits per heavy atom. The standard InChI is InChI=1S/C16H19N3O/c1-3-13-4-6-14(7-5-13)15-8-9-16(19-18-15)17-11-10-12(2)20/h4-9H,3,10-11H2,1-2H3,(H,17,19). The van der Waals surface area contributed by atoms with Gasteiger partial charge < -0.3 is 5.32 Å². The number of anilines is 1. The molecule has 20 heavy (non-hydrogen) atoms. The zero-order chi connectivity index (χ0) is 14.4. The van der Waals surface area contributed by atoms with Gasteiger partial charge in [-0.15, -0.1) is 10.2 Å². The predicted octanol–water partition coefficient (Wildman–Crippen LogP) is 3.10. The minimum Gasteiger partial charge on any atom is -0.368 e. The van der Waals surface area contributed by atoms with Gasteiger partial charge in [0.05, 0.1) is 5.69 Å². The second-order valence-electron chi connectivity index (χ2n) is 4.73. The Hall–Kier alpha value is -2.23. The summed E-state index contributed by atoms with van der Waals surface area (Å²) in [5.41, 5.74) is 3.22. The number of hydrogen-bond donors (Lipinski definition) is 1. The maximum atomic E-state index is 10.8. The quantitative estimate of drug-likeness (QED) is 0.875. The van der Waals surface area contributed by atoms with Crippen molar-refractivity contribution >= 4 is 11.6 Å². The van der Waals surface area contributed by atoms with E-state index in [0.717, 1.165) is 17.7 Å². The van der Waals surface area contributed by atoms with Crippen molar-refractivity contribution in [2.75, 3.05) is 11.9 Å². The smallest absolute Gasteiger partial charge is 0.148 e. The van der Waals surface area contributed by atoms with Crippen LogP contribution in [0.4, 0.5) is 5.82 Å². The molecular weight excluding hydrogens is 250 g/mol. The summed E-state index contributed by atoms with van der Waals surface area (Å²) in [6.07, 6.45) is 1.53. The summed E-state index contributed by atoms with van der Waals surface area (Å²) in [5, 5.41) is 11.4. The van der Waals surface area contributed by atoms with Crippen molar-refractivity contribution in [2.45, 2.75) is 26.7 Å². The van der Waals surface area contributed by atoms with Crippen LogP contribution in [0, 0.1) is 0 Å². The van der Waals surface area contributed by atoms with E-state index >= 15 is 0 Å². The number of aryl methyl sites for hydroxylation is 1. The molecule has 0 amide bonds. The minimum atomic E-state index is 0.165. The lowest BCUT2D eigenvalue weighted by atomic mass is 10.1. The normalized spacial score (nSPS) is 10.3. The maximum Gasteiger partial charge on any atom is 0.148 e. The van der Waals surface area contributed by atoms with E-state index in [2.05, 4.69) is 46.7 Å². The van der Waals surface area contributed by atoms with Gasteiger partial charge in [-0.2, -0.15) is 0 Å². The number of nitrogens with one attached hydrogen (secondary N) is 1. The van der Waals surface area contributed by atoms with Crippen LogP contribution >= 0.6 is 0 Å². The molecule has 0 unspecified atom stereocenters. The molecule has 0 aliphatic rings.